The van der Waals surface area contributed by atoms with E-state index in [-0.39, 0.29) is 0 Å². The van der Waals surface area contributed by atoms with E-state index in [1.54, 1.807) is 14.0 Å². The fourth-order valence-electron chi connectivity index (χ4n) is 3.34. The summed E-state index contributed by atoms with van der Waals surface area (Å²) in [6, 6.07) is 5.98. The first-order valence-electron chi connectivity index (χ1n) is 7.56. The normalized spacial score (nSPS) is 25.4. The van der Waals surface area contributed by atoms with Crippen LogP contribution in [-0.4, -0.2) is 30.2 Å². The number of ether oxygens (including phenoxy) is 1. The minimum absolute atomic E-state index is 0.432. The quantitative estimate of drug-likeness (QED) is 0.917. The van der Waals surface area contributed by atoms with Crippen molar-refractivity contribution < 1.29 is 9.84 Å². The lowest BCUT2D eigenvalue weighted by Gasteiger charge is -2.35. The fourth-order valence-corrected chi connectivity index (χ4v) is 3.34. The molecule has 3 heteroatoms. The van der Waals surface area contributed by atoms with Gasteiger partial charge in [-0.15, -0.1) is 0 Å². The van der Waals surface area contributed by atoms with Crippen molar-refractivity contribution in [3.63, 3.8) is 0 Å². The van der Waals surface area contributed by atoms with Crippen molar-refractivity contribution in [2.45, 2.75) is 39.8 Å². The number of hydrogen-bond acceptors (Lipinski definition) is 3. The molecule has 1 aromatic carbocycles. The summed E-state index contributed by atoms with van der Waals surface area (Å²) in [4.78, 5) is 2.50. The molecular formula is C17H27NO2. The van der Waals surface area contributed by atoms with Gasteiger partial charge in [-0.2, -0.15) is 0 Å². The second kappa shape index (κ2) is 6.59. The Balaban J connectivity index is 2.16. The van der Waals surface area contributed by atoms with Crippen LogP contribution in [-0.2, 0) is 6.54 Å². The number of hydrogen-bond donors (Lipinski definition) is 1. The molecule has 2 rings (SSSR count). The molecule has 0 spiro atoms. The maximum atomic E-state index is 9.75. The fraction of sp³-hybridized carbons (Fsp3) is 0.647. The van der Waals surface area contributed by atoms with Gasteiger partial charge in [-0.05, 0) is 42.9 Å². The average Bonchev–Trinajstić information content (AvgIpc) is 2.37. The molecule has 1 aliphatic rings. The molecule has 0 saturated carbocycles. The van der Waals surface area contributed by atoms with Crippen LogP contribution in [0.15, 0.2) is 18.2 Å². The third kappa shape index (κ3) is 3.74. The van der Waals surface area contributed by atoms with Gasteiger partial charge in [0.1, 0.15) is 5.75 Å². The largest absolute Gasteiger partial charge is 0.496 e. The number of likely N-dealkylation sites (tertiary alicyclic amines) is 1. The van der Waals surface area contributed by atoms with Crippen molar-refractivity contribution in [2.75, 3.05) is 20.2 Å². The second-order valence-electron chi connectivity index (χ2n) is 6.39. The molecule has 3 nitrogen and oxygen atoms in total. The van der Waals surface area contributed by atoms with Crippen LogP contribution in [0.5, 0.6) is 5.75 Å². The first-order chi connectivity index (χ1) is 9.49. The first kappa shape index (κ1) is 15.3. The number of nitrogens with zero attached hydrogens (tertiary/aromatic N) is 1. The lowest BCUT2D eigenvalue weighted by molar-refractivity contribution is 0.133. The van der Waals surface area contributed by atoms with Crippen LogP contribution in [0.1, 0.15) is 44.4 Å². The summed E-state index contributed by atoms with van der Waals surface area (Å²) < 4.78 is 5.47. The van der Waals surface area contributed by atoms with Crippen LogP contribution in [0, 0.1) is 11.8 Å². The zero-order chi connectivity index (χ0) is 14.7. The van der Waals surface area contributed by atoms with E-state index >= 15 is 0 Å². The van der Waals surface area contributed by atoms with Gasteiger partial charge in [0.25, 0.3) is 0 Å². The Morgan fingerprint density at radius 2 is 1.95 bits per heavy atom. The minimum Gasteiger partial charge on any atom is -0.496 e. The van der Waals surface area contributed by atoms with Gasteiger partial charge in [0, 0.05) is 25.2 Å². The molecule has 112 valence electrons. The Morgan fingerprint density at radius 1 is 1.30 bits per heavy atom. The van der Waals surface area contributed by atoms with Crippen LogP contribution in [0.3, 0.4) is 0 Å². The van der Waals surface area contributed by atoms with Crippen LogP contribution >= 0.6 is 0 Å². The molecule has 0 radical (unpaired) electrons. The molecule has 0 aliphatic carbocycles. The lowest BCUT2D eigenvalue weighted by Crippen LogP contribution is -2.38. The van der Waals surface area contributed by atoms with E-state index in [0.717, 1.165) is 42.8 Å². The topological polar surface area (TPSA) is 32.7 Å². The Labute approximate surface area is 122 Å². The molecule has 0 amide bonds. The van der Waals surface area contributed by atoms with Gasteiger partial charge in [0.15, 0.2) is 0 Å². The first-order valence-corrected chi connectivity index (χ1v) is 7.56. The number of piperidine rings is 1. The number of aliphatic hydroxyl groups excluding tert-OH is 1. The van der Waals surface area contributed by atoms with Gasteiger partial charge in [-0.25, -0.2) is 0 Å². The van der Waals surface area contributed by atoms with Crippen molar-refractivity contribution in [1.29, 1.82) is 0 Å². The highest BCUT2D eigenvalue weighted by Crippen LogP contribution is 2.28. The minimum atomic E-state index is -0.432. The molecule has 3 atom stereocenters. The maximum Gasteiger partial charge on any atom is 0.123 e. The molecule has 3 unspecified atom stereocenters. The van der Waals surface area contributed by atoms with Gasteiger partial charge in [0.2, 0.25) is 0 Å². The molecule has 1 N–H and O–H groups in total. The van der Waals surface area contributed by atoms with E-state index in [4.69, 9.17) is 4.74 Å². The molecule has 1 fully saturated rings. The summed E-state index contributed by atoms with van der Waals surface area (Å²) in [7, 11) is 1.71. The Hall–Kier alpha value is -1.06. The molecule has 1 heterocycles. The zero-order valence-electron chi connectivity index (χ0n) is 13.1. The monoisotopic (exact) mass is 277 g/mol. The third-order valence-corrected chi connectivity index (χ3v) is 4.13. The van der Waals surface area contributed by atoms with Crippen LogP contribution < -0.4 is 4.74 Å². The van der Waals surface area contributed by atoms with Gasteiger partial charge in [-0.3, -0.25) is 4.90 Å². The lowest BCUT2D eigenvalue weighted by atomic mass is 9.91. The molecule has 1 saturated heterocycles. The summed E-state index contributed by atoms with van der Waals surface area (Å²) in [5.41, 5.74) is 2.13. The predicted octanol–water partition coefficient (Wildman–Crippen LogP) is 3.23. The molecule has 20 heavy (non-hydrogen) atoms. The predicted molar refractivity (Wildman–Crippen MR) is 81.8 cm³/mol. The molecule has 1 aromatic rings. The van der Waals surface area contributed by atoms with Crippen LogP contribution in [0.2, 0.25) is 0 Å². The zero-order valence-corrected chi connectivity index (χ0v) is 13.1. The SMILES string of the molecule is COc1ccc(C(C)O)cc1CN1CC(C)CC(C)C1. The van der Waals surface area contributed by atoms with Crippen LogP contribution in [0.4, 0.5) is 0 Å². The van der Waals surface area contributed by atoms with E-state index in [2.05, 4.69) is 24.8 Å². The van der Waals surface area contributed by atoms with E-state index in [1.807, 2.05) is 12.1 Å². The number of methoxy groups -OCH3 is 1. The third-order valence-electron chi connectivity index (χ3n) is 4.13. The van der Waals surface area contributed by atoms with Gasteiger partial charge in [-0.1, -0.05) is 19.9 Å². The summed E-state index contributed by atoms with van der Waals surface area (Å²) in [5.74, 6) is 2.43. The summed E-state index contributed by atoms with van der Waals surface area (Å²) in [6.45, 7) is 9.64. The standard InChI is InChI=1S/C17H27NO2/c1-12-7-13(2)10-18(9-12)11-16-8-15(14(3)19)5-6-17(16)20-4/h5-6,8,12-14,19H,7,9-11H2,1-4H3. The summed E-state index contributed by atoms with van der Waals surface area (Å²) >= 11 is 0. The Bertz CT molecular complexity index is 435. The van der Waals surface area contributed by atoms with Crippen molar-refractivity contribution in [3.05, 3.63) is 29.3 Å². The van der Waals surface area contributed by atoms with E-state index in [9.17, 15) is 5.11 Å². The number of aliphatic hydroxyl groups is 1. The molecule has 0 aromatic heterocycles. The second-order valence-corrected chi connectivity index (χ2v) is 6.39. The highest BCUT2D eigenvalue weighted by Gasteiger charge is 2.22. The highest BCUT2D eigenvalue weighted by molar-refractivity contribution is 5.38. The summed E-state index contributed by atoms with van der Waals surface area (Å²) in [6.07, 6.45) is 0.889. The highest BCUT2D eigenvalue weighted by atomic mass is 16.5. The van der Waals surface area contributed by atoms with E-state index < -0.39 is 6.10 Å². The van der Waals surface area contributed by atoms with E-state index in [1.165, 1.54) is 12.0 Å². The van der Waals surface area contributed by atoms with Crippen molar-refractivity contribution in [2.24, 2.45) is 11.8 Å². The van der Waals surface area contributed by atoms with Crippen LogP contribution in [0.25, 0.3) is 0 Å². The summed E-state index contributed by atoms with van der Waals surface area (Å²) in [5, 5.41) is 9.75. The number of rotatable bonds is 4. The van der Waals surface area contributed by atoms with Crippen molar-refractivity contribution in [1.82, 2.24) is 4.90 Å². The van der Waals surface area contributed by atoms with Crippen molar-refractivity contribution >= 4 is 0 Å². The Kier molecular flexibility index (Phi) is 5.06. The molecule has 1 aliphatic heterocycles. The van der Waals surface area contributed by atoms with Gasteiger partial charge >= 0.3 is 0 Å². The van der Waals surface area contributed by atoms with E-state index in [0.29, 0.717) is 0 Å². The van der Waals surface area contributed by atoms with Gasteiger partial charge < -0.3 is 9.84 Å². The average molecular weight is 277 g/mol. The maximum absolute atomic E-state index is 9.75. The number of benzene rings is 1. The molecular weight excluding hydrogens is 250 g/mol. The molecule has 0 bridgehead atoms. The Morgan fingerprint density at radius 3 is 2.50 bits per heavy atom. The van der Waals surface area contributed by atoms with Crippen molar-refractivity contribution in [3.8, 4) is 5.75 Å². The smallest absolute Gasteiger partial charge is 0.123 e. The van der Waals surface area contributed by atoms with Gasteiger partial charge in [0.05, 0.1) is 13.2 Å².